The van der Waals surface area contributed by atoms with Crippen molar-refractivity contribution in [3.05, 3.63) is 0 Å². The maximum absolute atomic E-state index is 11.6. The van der Waals surface area contributed by atoms with Gasteiger partial charge in [-0.25, -0.2) is 0 Å². The summed E-state index contributed by atoms with van der Waals surface area (Å²) in [7, 11) is 3.57. The third kappa shape index (κ3) is 5.19. The summed E-state index contributed by atoms with van der Waals surface area (Å²) < 4.78 is 5.36. The van der Waals surface area contributed by atoms with E-state index in [-0.39, 0.29) is 18.1 Å². The molecule has 4 heteroatoms. The number of carbonyl (C=O) groups is 1. The van der Waals surface area contributed by atoms with Gasteiger partial charge in [-0.2, -0.15) is 0 Å². The summed E-state index contributed by atoms with van der Waals surface area (Å²) in [5, 5.41) is 2.91. The molecule has 0 aromatic heterocycles. The maximum Gasteiger partial charge on any atom is 0.239 e. The number of likely N-dealkylation sites (N-methyl/N-ethyl adjacent to an activating group) is 2. The predicted octanol–water partition coefficient (Wildman–Crippen LogP) is 0.478. The Balaban J connectivity index is 3.73. The van der Waals surface area contributed by atoms with E-state index in [0.717, 1.165) is 0 Å². The van der Waals surface area contributed by atoms with Crippen LogP contribution in [0.5, 0.6) is 0 Å². The van der Waals surface area contributed by atoms with E-state index in [9.17, 15) is 4.79 Å². The van der Waals surface area contributed by atoms with Gasteiger partial charge >= 0.3 is 0 Å². The Kier molecular flexibility index (Phi) is 6.49. The molecule has 0 rings (SSSR count). The molecule has 0 saturated heterocycles. The Labute approximate surface area is 86.6 Å². The molecule has 1 amide bonds. The van der Waals surface area contributed by atoms with Crippen molar-refractivity contribution in [2.24, 2.45) is 0 Å². The first kappa shape index (κ1) is 13.4. The average molecular weight is 202 g/mol. The molecule has 0 aliphatic heterocycles. The first-order chi connectivity index (χ1) is 6.49. The Morgan fingerprint density at radius 2 is 2.00 bits per heavy atom. The second kappa shape index (κ2) is 6.79. The molecule has 84 valence electrons. The van der Waals surface area contributed by atoms with E-state index in [1.165, 1.54) is 0 Å². The summed E-state index contributed by atoms with van der Waals surface area (Å²) in [5.74, 6) is 0.0971. The van der Waals surface area contributed by atoms with Crippen LogP contribution in [0.1, 0.15) is 20.8 Å². The Morgan fingerprint density at radius 3 is 2.43 bits per heavy atom. The predicted molar refractivity (Wildman–Crippen MR) is 57.2 cm³/mol. The van der Waals surface area contributed by atoms with Gasteiger partial charge in [0.05, 0.1) is 18.8 Å². The zero-order valence-corrected chi connectivity index (χ0v) is 9.83. The lowest BCUT2D eigenvalue weighted by molar-refractivity contribution is -0.132. The van der Waals surface area contributed by atoms with Gasteiger partial charge in [-0.3, -0.25) is 4.79 Å². The molecule has 0 saturated carbocycles. The van der Waals surface area contributed by atoms with Gasteiger partial charge in [-0.1, -0.05) is 0 Å². The van der Waals surface area contributed by atoms with Crippen LogP contribution in [0, 0.1) is 0 Å². The minimum absolute atomic E-state index is 0.0971. The second-order valence-electron chi connectivity index (χ2n) is 3.69. The number of hydrogen-bond donors (Lipinski definition) is 1. The van der Waals surface area contributed by atoms with E-state index >= 15 is 0 Å². The van der Waals surface area contributed by atoms with Gasteiger partial charge < -0.3 is 15.0 Å². The minimum Gasteiger partial charge on any atom is -0.377 e. The summed E-state index contributed by atoms with van der Waals surface area (Å²) in [5.41, 5.74) is 0. The van der Waals surface area contributed by atoms with E-state index < -0.39 is 0 Å². The quantitative estimate of drug-likeness (QED) is 0.681. The Bertz CT molecular complexity index is 172. The fourth-order valence-corrected chi connectivity index (χ4v) is 0.990. The van der Waals surface area contributed by atoms with Gasteiger partial charge in [0, 0.05) is 13.6 Å². The standard InChI is InChI=1S/C10H22N2O2/c1-8(2)14-7-6-12(5)10(13)9(3)11-4/h8-9,11H,6-7H2,1-5H3. The largest absolute Gasteiger partial charge is 0.377 e. The Hall–Kier alpha value is -0.610. The van der Waals surface area contributed by atoms with Crippen LogP contribution >= 0.6 is 0 Å². The average Bonchev–Trinajstić information content (AvgIpc) is 2.14. The van der Waals surface area contributed by atoms with Crippen molar-refractivity contribution >= 4 is 5.91 Å². The van der Waals surface area contributed by atoms with Crippen molar-refractivity contribution < 1.29 is 9.53 Å². The van der Waals surface area contributed by atoms with Crippen molar-refractivity contribution in [3.63, 3.8) is 0 Å². The fraction of sp³-hybridized carbons (Fsp3) is 0.900. The highest BCUT2D eigenvalue weighted by atomic mass is 16.5. The van der Waals surface area contributed by atoms with E-state index in [4.69, 9.17) is 4.74 Å². The molecule has 0 aromatic carbocycles. The summed E-state index contributed by atoms with van der Waals surface area (Å²) in [4.78, 5) is 13.2. The van der Waals surface area contributed by atoms with Crippen LogP contribution in [0.3, 0.4) is 0 Å². The highest BCUT2D eigenvalue weighted by Gasteiger charge is 2.14. The van der Waals surface area contributed by atoms with E-state index in [2.05, 4.69) is 5.32 Å². The van der Waals surface area contributed by atoms with Crippen LogP contribution in [-0.4, -0.2) is 50.2 Å². The molecule has 0 aliphatic carbocycles. The van der Waals surface area contributed by atoms with Crippen molar-refractivity contribution in [2.45, 2.75) is 32.9 Å². The van der Waals surface area contributed by atoms with Gasteiger partial charge in [0.15, 0.2) is 0 Å². The van der Waals surface area contributed by atoms with Gasteiger partial charge in [-0.05, 0) is 27.8 Å². The SMILES string of the molecule is CNC(C)C(=O)N(C)CCOC(C)C. The molecule has 0 heterocycles. The molecule has 0 bridgehead atoms. The lowest BCUT2D eigenvalue weighted by Gasteiger charge is -2.21. The van der Waals surface area contributed by atoms with Crippen molar-refractivity contribution in [3.8, 4) is 0 Å². The number of amides is 1. The van der Waals surface area contributed by atoms with Gasteiger partial charge in [0.1, 0.15) is 0 Å². The van der Waals surface area contributed by atoms with Gasteiger partial charge in [0.25, 0.3) is 0 Å². The van der Waals surface area contributed by atoms with Crippen LogP contribution in [0.2, 0.25) is 0 Å². The zero-order valence-electron chi connectivity index (χ0n) is 9.83. The molecule has 0 spiro atoms. The number of rotatable bonds is 6. The summed E-state index contributed by atoms with van der Waals surface area (Å²) in [6.45, 7) is 7.05. The lowest BCUT2D eigenvalue weighted by Crippen LogP contribution is -2.42. The third-order valence-corrected chi connectivity index (χ3v) is 2.06. The molecule has 14 heavy (non-hydrogen) atoms. The van der Waals surface area contributed by atoms with Gasteiger partial charge in [0.2, 0.25) is 5.91 Å². The summed E-state index contributed by atoms with van der Waals surface area (Å²) in [6.07, 6.45) is 0.222. The molecule has 1 N–H and O–H groups in total. The van der Waals surface area contributed by atoms with Crippen LogP contribution in [-0.2, 0) is 9.53 Å². The molecule has 0 aromatic rings. The molecule has 0 radical (unpaired) electrons. The number of nitrogens with one attached hydrogen (secondary N) is 1. The van der Waals surface area contributed by atoms with Crippen LogP contribution < -0.4 is 5.32 Å². The second-order valence-corrected chi connectivity index (χ2v) is 3.69. The highest BCUT2D eigenvalue weighted by molar-refractivity contribution is 5.81. The first-order valence-electron chi connectivity index (χ1n) is 5.02. The highest BCUT2D eigenvalue weighted by Crippen LogP contribution is 1.93. The van der Waals surface area contributed by atoms with Crippen molar-refractivity contribution in [1.82, 2.24) is 10.2 Å². The molecule has 0 aliphatic rings. The third-order valence-electron chi connectivity index (χ3n) is 2.06. The van der Waals surface area contributed by atoms with Crippen LogP contribution in [0.15, 0.2) is 0 Å². The van der Waals surface area contributed by atoms with Crippen molar-refractivity contribution in [2.75, 3.05) is 27.2 Å². The minimum atomic E-state index is -0.126. The Morgan fingerprint density at radius 1 is 1.43 bits per heavy atom. The van der Waals surface area contributed by atoms with Crippen LogP contribution in [0.4, 0.5) is 0 Å². The molecular weight excluding hydrogens is 180 g/mol. The fourth-order valence-electron chi connectivity index (χ4n) is 0.990. The van der Waals surface area contributed by atoms with E-state index in [0.29, 0.717) is 13.2 Å². The first-order valence-corrected chi connectivity index (χ1v) is 5.02. The number of carbonyl (C=O) groups excluding carboxylic acids is 1. The van der Waals surface area contributed by atoms with E-state index in [1.54, 1.807) is 19.0 Å². The number of ether oxygens (including phenoxy) is 1. The normalized spacial score (nSPS) is 13.0. The monoisotopic (exact) mass is 202 g/mol. The molecule has 1 unspecified atom stereocenters. The number of hydrogen-bond acceptors (Lipinski definition) is 3. The lowest BCUT2D eigenvalue weighted by atomic mass is 10.3. The molecule has 4 nitrogen and oxygen atoms in total. The topological polar surface area (TPSA) is 41.6 Å². The van der Waals surface area contributed by atoms with Gasteiger partial charge in [-0.15, -0.1) is 0 Å². The summed E-state index contributed by atoms with van der Waals surface area (Å²) >= 11 is 0. The zero-order chi connectivity index (χ0) is 11.1. The number of nitrogens with zero attached hydrogens (tertiary/aromatic N) is 1. The van der Waals surface area contributed by atoms with Crippen molar-refractivity contribution in [1.29, 1.82) is 0 Å². The summed E-state index contributed by atoms with van der Waals surface area (Å²) in [6, 6.07) is -0.126. The van der Waals surface area contributed by atoms with E-state index in [1.807, 2.05) is 20.8 Å². The molecular formula is C10H22N2O2. The molecule has 1 atom stereocenters. The molecule has 0 fully saturated rings. The maximum atomic E-state index is 11.6. The smallest absolute Gasteiger partial charge is 0.239 e. The van der Waals surface area contributed by atoms with Crippen LogP contribution in [0.25, 0.3) is 0 Å².